The van der Waals surface area contributed by atoms with E-state index in [2.05, 4.69) is 19.8 Å². The lowest BCUT2D eigenvalue weighted by atomic mass is 9.98. The fraction of sp³-hybridized carbons (Fsp3) is 0.688. The van der Waals surface area contributed by atoms with E-state index in [1.54, 1.807) is 0 Å². The zero-order chi connectivity index (χ0) is 16.9. The maximum atomic E-state index is 12.0. The molecule has 3 heterocycles. The minimum Gasteiger partial charge on any atom is -0.466 e. The van der Waals surface area contributed by atoms with E-state index in [1.807, 2.05) is 13.0 Å². The van der Waals surface area contributed by atoms with Crippen LogP contribution in [0.15, 0.2) is 6.07 Å². The lowest BCUT2D eigenvalue weighted by Crippen LogP contribution is -2.40. The summed E-state index contributed by atoms with van der Waals surface area (Å²) >= 11 is 0. The monoisotopic (exact) mass is 335 g/mol. The normalized spacial score (nSPS) is 21.6. The van der Waals surface area contributed by atoms with Crippen LogP contribution in [-0.2, 0) is 14.3 Å². The number of rotatable bonds is 4. The molecule has 2 aliphatic heterocycles. The highest BCUT2D eigenvalue weighted by molar-refractivity contribution is 5.73. The average molecular weight is 335 g/mol. The molecule has 0 saturated carbocycles. The van der Waals surface area contributed by atoms with Crippen molar-refractivity contribution in [2.24, 2.45) is 5.92 Å². The first kappa shape index (κ1) is 16.8. The van der Waals surface area contributed by atoms with Crippen LogP contribution in [0.3, 0.4) is 0 Å². The summed E-state index contributed by atoms with van der Waals surface area (Å²) in [5.41, 5.74) is 5.92. The number of ether oxygens (including phenoxy) is 2. The third-order valence-corrected chi connectivity index (χ3v) is 4.42. The number of nitrogen functional groups attached to an aromatic ring is 1. The number of morpholine rings is 1. The van der Waals surface area contributed by atoms with Crippen molar-refractivity contribution in [2.75, 3.05) is 61.5 Å². The van der Waals surface area contributed by atoms with Crippen LogP contribution < -0.4 is 15.5 Å². The topological polar surface area (TPSA) is 93.8 Å². The van der Waals surface area contributed by atoms with Gasteiger partial charge >= 0.3 is 5.97 Å². The SMILES string of the molecule is CCOC(=O)[C@H]1CCCN(c2cc(N3CCOCC3)nc(N)n2)C1. The van der Waals surface area contributed by atoms with Gasteiger partial charge in [0.25, 0.3) is 0 Å². The predicted molar refractivity (Wildman–Crippen MR) is 91.0 cm³/mol. The molecular weight excluding hydrogens is 310 g/mol. The molecule has 132 valence electrons. The van der Waals surface area contributed by atoms with Crippen LogP contribution in [0.1, 0.15) is 19.8 Å². The van der Waals surface area contributed by atoms with Crippen LogP contribution in [0.25, 0.3) is 0 Å². The van der Waals surface area contributed by atoms with Gasteiger partial charge < -0.3 is 25.0 Å². The van der Waals surface area contributed by atoms with Crippen molar-refractivity contribution in [1.29, 1.82) is 0 Å². The third-order valence-electron chi connectivity index (χ3n) is 4.42. The van der Waals surface area contributed by atoms with Gasteiger partial charge in [-0.2, -0.15) is 9.97 Å². The molecule has 24 heavy (non-hydrogen) atoms. The van der Waals surface area contributed by atoms with Crippen LogP contribution >= 0.6 is 0 Å². The number of hydrogen-bond donors (Lipinski definition) is 1. The van der Waals surface area contributed by atoms with E-state index in [1.165, 1.54) is 0 Å². The van der Waals surface area contributed by atoms with Crippen LogP contribution in [0.2, 0.25) is 0 Å². The molecule has 1 atom stereocenters. The Hall–Kier alpha value is -2.09. The lowest BCUT2D eigenvalue weighted by molar-refractivity contribution is -0.148. The maximum Gasteiger partial charge on any atom is 0.310 e. The van der Waals surface area contributed by atoms with Gasteiger partial charge in [0.15, 0.2) is 0 Å². The molecule has 0 unspecified atom stereocenters. The highest BCUT2D eigenvalue weighted by Crippen LogP contribution is 2.26. The molecule has 8 heteroatoms. The minimum atomic E-state index is -0.127. The third kappa shape index (κ3) is 3.87. The second-order valence-corrected chi connectivity index (χ2v) is 6.08. The van der Waals surface area contributed by atoms with Crippen molar-refractivity contribution < 1.29 is 14.3 Å². The first-order valence-electron chi connectivity index (χ1n) is 8.56. The Labute approximate surface area is 141 Å². The van der Waals surface area contributed by atoms with Crippen LogP contribution in [0.4, 0.5) is 17.6 Å². The molecule has 3 rings (SSSR count). The number of nitrogens with two attached hydrogens (primary N) is 1. The van der Waals surface area contributed by atoms with E-state index in [4.69, 9.17) is 15.2 Å². The largest absolute Gasteiger partial charge is 0.466 e. The standard InChI is InChI=1S/C16H25N5O3/c1-2-24-15(22)12-4-3-5-21(11-12)14-10-13(18-16(17)19-14)20-6-8-23-9-7-20/h10,12H,2-9,11H2,1H3,(H2,17,18,19)/t12-/m0/s1. The quantitative estimate of drug-likeness (QED) is 0.803. The molecule has 2 saturated heterocycles. The Morgan fingerprint density at radius 3 is 2.71 bits per heavy atom. The molecule has 0 spiro atoms. The van der Waals surface area contributed by atoms with Crippen LogP contribution in [-0.4, -0.2) is 61.9 Å². The molecule has 2 fully saturated rings. The summed E-state index contributed by atoms with van der Waals surface area (Å²) in [6.07, 6.45) is 1.78. The number of nitrogens with zero attached hydrogens (tertiary/aromatic N) is 4. The second-order valence-electron chi connectivity index (χ2n) is 6.08. The first-order chi connectivity index (χ1) is 11.7. The van der Waals surface area contributed by atoms with Crippen LogP contribution in [0.5, 0.6) is 0 Å². The van der Waals surface area contributed by atoms with E-state index in [0.29, 0.717) is 26.4 Å². The van der Waals surface area contributed by atoms with Gasteiger partial charge in [-0.05, 0) is 19.8 Å². The van der Waals surface area contributed by atoms with Gasteiger partial charge in [-0.25, -0.2) is 0 Å². The van der Waals surface area contributed by atoms with E-state index < -0.39 is 0 Å². The second kappa shape index (κ2) is 7.65. The predicted octanol–water partition coefficient (Wildman–Crippen LogP) is 0.675. The van der Waals surface area contributed by atoms with Crippen molar-refractivity contribution in [3.05, 3.63) is 6.07 Å². The minimum absolute atomic E-state index is 0.110. The fourth-order valence-corrected chi connectivity index (χ4v) is 3.19. The molecule has 1 aromatic heterocycles. The number of esters is 1. The van der Waals surface area contributed by atoms with Gasteiger partial charge in [0.2, 0.25) is 5.95 Å². The Morgan fingerprint density at radius 2 is 2.00 bits per heavy atom. The summed E-state index contributed by atoms with van der Waals surface area (Å²) < 4.78 is 10.5. The van der Waals surface area contributed by atoms with Gasteiger partial charge in [-0.1, -0.05) is 0 Å². The van der Waals surface area contributed by atoms with Crippen molar-refractivity contribution >= 4 is 23.6 Å². The fourth-order valence-electron chi connectivity index (χ4n) is 3.19. The summed E-state index contributed by atoms with van der Waals surface area (Å²) in [6.45, 7) is 6.67. The number of carbonyl (C=O) groups excluding carboxylic acids is 1. The van der Waals surface area contributed by atoms with Gasteiger partial charge in [-0.3, -0.25) is 4.79 Å². The van der Waals surface area contributed by atoms with Crippen molar-refractivity contribution in [2.45, 2.75) is 19.8 Å². The first-order valence-corrected chi connectivity index (χ1v) is 8.56. The van der Waals surface area contributed by atoms with E-state index >= 15 is 0 Å². The zero-order valence-corrected chi connectivity index (χ0v) is 14.1. The summed E-state index contributed by atoms with van der Waals surface area (Å²) in [5, 5.41) is 0. The lowest BCUT2D eigenvalue weighted by Gasteiger charge is -2.33. The zero-order valence-electron chi connectivity index (χ0n) is 14.1. The molecule has 1 aromatic rings. The Morgan fingerprint density at radius 1 is 1.29 bits per heavy atom. The van der Waals surface area contributed by atoms with Gasteiger partial charge in [0.1, 0.15) is 11.6 Å². The number of piperidine rings is 1. The highest BCUT2D eigenvalue weighted by Gasteiger charge is 2.28. The molecule has 2 N–H and O–H groups in total. The summed E-state index contributed by atoms with van der Waals surface area (Å²) in [7, 11) is 0. The Kier molecular flexibility index (Phi) is 5.34. The van der Waals surface area contributed by atoms with Crippen molar-refractivity contribution in [1.82, 2.24) is 9.97 Å². The summed E-state index contributed by atoms with van der Waals surface area (Å²) in [4.78, 5) is 25.0. The maximum absolute atomic E-state index is 12.0. The van der Waals surface area contributed by atoms with Crippen LogP contribution in [0, 0.1) is 5.92 Å². The molecule has 0 aromatic carbocycles. The van der Waals surface area contributed by atoms with Gasteiger partial charge in [0, 0.05) is 32.2 Å². The number of anilines is 3. The van der Waals surface area contributed by atoms with Gasteiger partial charge in [-0.15, -0.1) is 0 Å². The van der Waals surface area contributed by atoms with E-state index in [9.17, 15) is 4.79 Å². The molecule has 0 aliphatic carbocycles. The Bertz CT molecular complexity index is 577. The molecular formula is C16H25N5O3. The summed E-state index contributed by atoms with van der Waals surface area (Å²) in [5.74, 6) is 1.61. The van der Waals surface area contributed by atoms with Crippen molar-refractivity contribution in [3.8, 4) is 0 Å². The van der Waals surface area contributed by atoms with E-state index in [-0.39, 0.29) is 17.8 Å². The average Bonchev–Trinajstić information content (AvgIpc) is 2.62. The highest BCUT2D eigenvalue weighted by atomic mass is 16.5. The molecule has 8 nitrogen and oxygen atoms in total. The van der Waals surface area contributed by atoms with Crippen molar-refractivity contribution in [3.63, 3.8) is 0 Å². The smallest absolute Gasteiger partial charge is 0.310 e. The van der Waals surface area contributed by atoms with Gasteiger partial charge in [0.05, 0.1) is 25.7 Å². The molecule has 0 radical (unpaired) electrons. The molecule has 2 aliphatic rings. The number of aromatic nitrogens is 2. The molecule has 0 bridgehead atoms. The number of hydrogen-bond acceptors (Lipinski definition) is 8. The van der Waals surface area contributed by atoms with E-state index in [0.717, 1.165) is 44.1 Å². The number of carbonyl (C=O) groups is 1. The summed E-state index contributed by atoms with van der Waals surface area (Å²) in [6, 6.07) is 1.95. The molecule has 0 amide bonds. The Balaban J connectivity index is 1.75.